The average Bonchev–Trinajstić information content (AvgIpc) is 3.22. The van der Waals surface area contributed by atoms with E-state index in [2.05, 4.69) is 74.3 Å². The fraction of sp³-hybridized carbons (Fsp3) is 0.333. The maximum Gasteiger partial charge on any atom is 0.161 e. The smallest absolute Gasteiger partial charge is 0.161 e. The van der Waals surface area contributed by atoms with Crippen LogP contribution in [0.1, 0.15) is 97.0 Å². The Labute approximate surface area is 229 Å². The number of Topliss-reactive ketones (excluding diaryl/α,β-unsaturated/α-hetero) is 1. The Balaban J connectivity index is 0.00000164. The number of para-hydroxylation sites is 1. The molecule has 0 bridgehead atoms. The van der Waals surface area contributed by atoms with Gasteiger partial charge in [-0.05, 0) is 97.4 Å². The van der Waals surface area contributed by atoms with Gasteiger partial charge in [0.05, 0.1) is 5.69 Å². The van der Waals surface area contributed by atoms with Crippen LogP contribution < -0.4 is 0 Å². The maximum atomic E-state index is 11.9. The first kappa shape index (κ1) is 27.5. The molecule has 0 amide bonds. The van der Waals surface area contributed by atoms with Gasteiger partial charge in [0.1, 0.15) is 0 Å². The number of hydrogen-bond acceptors (Lipinski definition) is 2. The molecule has 0 spiro atoms. The molecule has 0 N–H and O–H groups in total. The van der Waals surface area contributed by atoms with Crippen molar-refractivity contribution < 1.29 is 4.79 Å². The number of ketones is 1. The number of hydrogen-bond donors (Lipinski definition) is 0. The summed E-state index contributed by atoms with van der Waals surface area (Å²) in [5.41, 5.74) is 9.38. The number of nitrogens with zero attached hydrogens (tertiary/aromatic N) is 1. The number of benzene rings is 3. The minimum atomic E-state index is 0.0642. The summed E-state index contributed by atoms with van der Waals surface area (Å²) in [7, 11) is 0. The van der Waals surface area contributed by atoms with Gasteiger partial charge in [-0.3, -0.25) is 9.79 Å². The highest BCUT2D eigenvalue weighted by Crippen LogP contribution is 2.40. The molecular formula is C36H41NO. The molecule has 0 heterocycles. The zero-order valence-corrected chi connectivity index (χ0v) is 23.4. The minimum absolute atomic E-state index is 0.0642. The van der Waals surface area contributed by atoms with E-state index < -0.39 is 0 Å². The highest BCUT2D eigenvalue weighted by molar-refractivity contribution is 5.99. The summed E-state index contributed by atoms with van der Waals surface area (Å²) in [6.07, 6.45) is 12.4. The zero-order chi connectivity index (χ0) is 27.1. The van der Waals surface area contributed by atoms with E-state index in [-0.39, 0.29) is 5.78 Å². The number of allylic oxidation sites excluding steroid dienone is 2. The van der Waals surface area contributed by atoms with Crippen LogP contribution in [0.5, 0.6) is 0 Å². The lowest BCUT2D eigenvalue weighted by molar-refractivity contribution is 0.101. The van der Waals surface area contributed by atoms with Gasteiger partial charge in [0.15, 0.2) is 5.78 Å². The van der Waals surface area contributed by atoms with Crippen LogP contribution in [0.3, 0.4) is 0 Å². The van der Waals surface area contributed by atoms with Gasteiger partial charge in [-0.2, -0.15) is 0 Å². The third kappa shape index (κ3) is 6.30. The number of aliphatic imine (C=N–C) groups is 1. The van der Waals surface area contributed by atoms with Crippen LogP contribution in [0.25, 0.3) is 11.6 Å². The molecule has 1 saturated carbocycles. The first-order valence-electron chi connectivity index (χ1n) is 14.2. The third-order valence-corrected chi connectivity index (χ3v) is 7.91. The molecule has 2 aliphatic rings. The molecule has 0 saturated heterocycles. The number of aryl methyl sites for hydroxylation is 1. The van der Waals surface area contributed by atoms with Gasteiger partial charge in [-0.15, -0.1) is 0 Å². The van der Waals surface area contributed by atoms with Crippen LogP contribution in [0.15, 0.2) is 84.4 Å². The minimum Gasteiger partial charge on any atom is -0.294 e. The summed E-state index contributed by atoms with van der Waals surface area (Å²) in [4.78, 5) is 16.6. The molecule has 2 aliphatic carbocycles. The van der Waals surface area contributed by atoms with Crippen LogP contribution in [-0.4, -0.2) is 12.0 Å². The zero-order valence-electron chi connectivity index (χ0n) is 23.4. The molecule has 1 fully saturated rings. The number of rotatable bonds is 6. The van der Waals surface area contributed by atoms with Crippen molar-refractivity contribution in [3.8, 4) is 0 Å². The highest BCUT2D eigenvalue weighted by Gasteiger charge is 2.23. The standard InChI is InChI=1S/C34H35NO.C2H6/c1-23-11-14-28(15-12-23)32-20-18-30-21-29(17-19-33(30)32)24(2)27-8-6-7-26(13-16-27)22-35-34-10-5-4-9-31(34)25(3)36;1-2/h4-5,9-12,14-15,17-22,26-27,32H,2,6-8,13,16H2,1,3H3;1-2H3. The Morgan fingerprint density at radius 2 is 1.71 bits per heavy atom. The van der Waals surface area contributed by atoms with Gasteiger partial charge in [0.2, 0.25) is 0 Å². The first-order chi connectivity index (χ1) is 18.5. The van der Waals surface area contributed by atoms with Crippen LogP contribution in [0.4, 0.5) is 5.69 Å². The Bertz CT molecular complexity index is 1330. The largest absolute Gasteiger partial charge is 0.294 e. The van der Waals surface area contributed by atoms with E-state index in [1.54, 1.807) is 6.92 Å². The molecule has 38 heavy (non-hydrogen) atoms. The predicted octanol–water partition coefficient (Wildman–Crippen LogP) is 9.99. The van der Waals surface area contributed by atoms with Crippen molar-refractivity contribution in [2.45, 2.75) is 65.7 Å². The lowest BCUT2D eigenvalue weighted by Crippen LogP contribution is -2.04. The Hall–Kier alpha value is -3.52. The topological polar surface area (TPSA) is 29.4 Å². The molecule has 0 aliphatic heterocycles. The molecule has 5 rings (SSSR count). The molecule has 3 atom stereocenters. The molecular weight excluding hydrogens is 462 g/mol. The van der Waals surface area contributed by atoms with E-state index in [4.69, 9.17) is 4.99 Å². The lowest BCUT2D eigenvalue weighted by Gasteiger charge is -2.19. The summed E-state index contributed by atoms with van der Waals surface area (Å²) in [5, 5.41) is 0. The van der Waals surface area contributed by atoms with Gasteiger partial charge < -0.3 is 0 Å². The van der Waals surface area contributed by atoms with Crippen LogP contribution >= 0.6 is 0 Å². The van der Waals surface area contributed by atoms with Crippen molar-refractivity contribution in [1.29, 1.82) is 0 Å². The molecule has 196 valence electrons. The summed E-state index contributed by atoms with van der Waals surface area (Å²) in [6, 6.07) is 23.4. The van der Waals surface area contributed by atoms with Gasteiger partial charge in [-0.1, -0.05) is 93.1 Å². The molecule has 3 aromatic carbocycles. The SMILES string of the molecule is C=C(c1ccc2c(c1)C=CC2c1ccc(C)cc1)C1CCCC(C=Nc2ccccc2C(C)=O)CC1.CC. The van der Waals surface area contributed by atoms with E-state index in [1.807, 2.05) is 38.1 Å². The summed E-state index contributed by atoms with van der Waals surface area (Å²) in [5.74, 6) is 1.36. The van der Waals surface area contributed by atoms with Crippen molar-refractivity contribution >= 4 is 29.3 Å². The van der Waals surface area contributed by atoms with Crippen molar-refractivity contribution in [3.63, 3.8) is 0 Å². The summed E-state index contributed by atoms with van der Waals surface area (Å²) < 4.78 is 0. The van der Waals surface area contributed by atoms with Gasteiger partial charge >= 0.3 is 0 Å². The van der Waals surface area contributed by atoms with Crippen LogP contribution in [-0.2, 0) is 0 Å². The van der Waals surface area contributed by atoms with E-state index in [0.717, 1.165) is 24.9 Å². The molecule has 3 aromatic rings. The first-order valence-corrected chi connectivity index (χ1v) is 14.2. The van der Waals surface area contributed by atoms with Crippen LogP contribution in [0, 0.1) is 18.8 Å². The maximum absolute atomic E-state index is 11.9. The number of carbonyl (C=O) groups is 1. The fourth-order valence-electron chi connectivity index (χ4n) is 5.70. The second kappa shape index (κ2) is 12.8. The normalized spacial score (nSPS) is 20.4. The molecule has 3 unspecified atom stereocenters. The van der Waals surface area contributed by atoms with Gasteiger partial charge in [0.25, 0.3) is 0 Å². The Morgan fingerprint density at radius 1 is 0.947 bits per heavy atom. The van der Waals surface area contributed by atoms with Gasteiger partial charge in [-0.25, -0.2) is 0 Å². The molecule has 2 nitrogen and oxygen atoms in total. The van der Waals surface area contributed by atoms with Crippen molar-refractivity contribution in [3.05, 3.63) is 113 Å². The van der Waals surface area contributed by atoms with E-state index in [0.29, 0.717) is 23.3 Å². The number of fused-ring (bicyclic) bond motifs is 1. The Morgan fingerprint density at radius 3 is 2.47 bits per heavy atom. The van der Waals surface area contributed by atoms with Gasteiger partial charge in [0, 0.05) is 17.7 Å². The highest BCUT2D eigenvalue weighted by atomic mass is 16.1. The lowest BCUT2D eigenvalue weighted by atomic mass is 9.85. The molecule has 0 radical (unpaired) electrons. The van der Waals surface area contributed by atoms with E-state index >= 15 is 0 Å². The van der Waals surface area contributed by atoms with E-state index in [9.17, 15) is 4.79 Å². The fourth-order valence-corrected chi connectivity index (χ4v) is 5.70. The third-order valence-electron chi connectivity index (χ3n) is 7.91. The second-order valence-electron chi connectivity index (χ2n) is 10.4. The monoisotopic (exact) mass is 503 g/mol. The molecule has 2 heteroatoms. The summed E-state index contributed by atoms with van der Waals surface area (Å²) in [6.45, 7) is 12.3. The van der Waals surface area contributed by atoms with E-state index in [1.165, 1.54) is 46.2 Å². The summed E-state index contributed by atoms with van der Waals surface area (Å²) >= 11 is 0. The quantitative estimate of drug-likeness (QED) is 0.187. The van der Waals surface area contributed by atoms with Crippen molar-refractivity contribution in [1.82, 2.24) is 0 Å². The number of carbonyl (C=O) groups excluding carboxylic acids is 1. The molecule has 0 aromatic heterocycles. The van der Waals surface area contributed by atoms with Crippen LogP contribution in [0.2, 0.25) is 0 Å². The average molecular weight is 504 g/mol. The predicted molar refractivity (Wildman–Crippen MR) is 164 cm³/mol. The van der Waals surface area contributed by atoms with Crippen molar-refractivity contribution in [2.75, 3.05) is 0 Å². The second-order valence-corrected chi connectivity index (χ2v) is 10.4. The Kier molecular flexibility index (Phi) is 9.29. The van der Waals surface area contributed by atoms with Crippen molar-refractivity contribution in [2.24, 2.45) is 16.8 Å².